The third kappa shape index (κ3) is 3.06. The summed E-state index contributed by atoms with van der Waals surface area (Å²) in [5.74, 6) is -0.119. The summed E-state index contributed by atoms with van der Waals surface area (Å²) in [6, 6.07) is 15.1. The molecule has 0 bridgehead atoms. The van der Waals surface area contributed by atoms with E-state index < -0.39 is 0 Å². The quantitative estimate of drug-likeness (QED) is 0.526. The maximum Gasteiger partial charge on any atom is 0.264 e. The minimum atomic E-state index is -0.278. The van der Waals surface area contributed by atoms with Crippen LogP contribution in [0.3, 0.4) is 0 Å². The average Bonchev–Trinajstić information content (AvgIpc) is 3.09. The molecule has 0 atom stereocenters. The number of aromatic nitrogens is 4. The Morgan fingerprint density at radius 3 is 2.59 bits per heavy atom. The summed E-state index contributed by atoms with van der Waals surface area (Å²) in [5.41, 5.74) is 3.63. The van der Waals surface area contributed by atoms with Gasteiger partial charge in [-0.1, -0.05) is 42.0 Å². The van der Waals surface area contributed by atoms with Gasteiger partial charge in [0.25, 0.3) is 5.56 Å². The molecule has 134 valence electrons. The number of carbonyl (C=O) groups excluding carboxylic acids is 1. The van der Waals surface area contributed by atoms with Gasteiger partial charge in [0.05, 0.1) is 18.4 Å². The van der Waals surface area contributed by atoms with Gasteiger partial charge < -0.3 is 0 Å². The standard InChI is InChI=1S/C21H18N4O2/c1-14-8-9-17(15(2)10-14)19(26)12-24-13-22-20-18(21(24)27)11-23-25(20)16-6-4-3-5-7-16/h3-11,13H,12H2,1-2H3. The van der Waals surface area contributed by atoms with Crippen LogP contribution in [0.4, 0.5) is 0 Å². The first-order chi connectivity index (χ1) is 13.0. The minimum absolute atomic E-state index is 0.0534. The summed E-state index contributed by atoms with van der Waals surface area (Å²) in [5, 5.41) is 4.67. The number of aryl methyl sites for hydroxylation is 2. The number of para-hydroxylation sites is 1. The Morgan fingerprint density at radius 1 is 1.07 bits per heavy atom. The fraction of sp³-hybridized carbons (Fsp3) is 0.143. The fourth-order valence-corrected chi connectivity index (χ4v) is 3.19. The van der Waals surface area contributed by atoms with Crippen molar-refractivity contribution in [1.82, 2.24) is 19.3 Å². The van der Waals surface area contributed by atoms with E-state index in [-0.39, 0.29) is 17.9 Å². The Morgan fingerprint density at radius 2 is 1.85 bits per heavy atom. The highest BCUT2D eigenvalue weighted by atomic mass is 16.1. The number of hydrogen-bond donors (Lipinski definition) is 0. The van der Waals surface area contributed by atoms with Crippen LogP contribution in [0.5, 0.6) is 0 Å². The van der Waals surface area contributed by atoms with Crippen molar-refractivity contribution in [1.29, 1.82) is 0 Å². The first-order valence-electron chi connectivity index (χ1n) is 8.63. The number of fused-ring (bicyclic) bond motifs is 1. The van der Waals surface area contributed by atoms with Crippen molar-refractivity contribution in [2.45, 2.75) is 20.4 Å². The zero-order chi connectivity index (χ0) is 19.0. The van der Waals surface area contributed by atoms with Crippen LogP contribution in [-0.2, 0) is 6.54 Å². The molecule has 2 aromatic carbocycles. The van der Waals surface area contributed by atoms with E-state index in [1.807, 2.05) is 56.3 Å². The molecule has 6 nitrogen and oxygen atoms in total. The predicted molar refractivity (Wildman–Crippen MR) is 103 cm³/mol. The first kappa shape index (κ1) is 16.9. The highest BCUT2D eigenvalue weighted by molar-refractivity contribution is 5.97. The van der Waals surface area contributed by atoms with Gasteiger partial charge in [0.15, 0.2) is 11.4 Å². The van der Waals surface area contributed by atoms with Crippen molar-refractivity contribution in [2.24, 2.45) is 0 Å². The number of rotatable bonds is 4. The third-order valence-electron chi connectivity index (χ3n) is 4.55. The van der Waals surface area contributed by atoms with E-state index in [9.17, 15) is 9.59 Å². The molecule has 2 heterocycles. The monoisotopic (exact) mass is 358 g/mol. The lowest BCUT2D eigenvalue weighted by atomic mass is 10.0. The van der Waals surface area contributed by atoms with Crippen molar-refractivity contribution >= 4 is 16.8 Å². The van der Waals surface area contributed by atoms with Gasteiger partial charge in [0, 0.05) is 5.56 Å². The molecule has 0 radical (unpaired) electrons. The minimum Gasteiger partial charge on any atom is -0.292 e. The molecule has 6 heteroatoms. The molecular weight excluding hydrogens is 340 g/mol. The smallest absolute Gasteiger partial charge is 0.264 e. The molecule has 0 aliphatic carbocycles. The van der Waals surface area contributed by atoms with Crippen LogP contribution in [0.1, 0.15) is 21.5 Å². The lowest BCUT2D eigenvalue weighted by Crippen LogP contribution is -2.25. The molecule has 0 unspecified atom stereocenters. The fourth-order valence-electron chi connectivity index (χ4n) is 3.19. The van der Waals surface area contributed by atoms with E-state index in [2.05, 4.69) is 10.1 Å². The van der Waals surface area contributed by atoms with Crippen molar-refractivity contribution in [3.63, 3.8) is 0 Å². The van der Waals surface area contributed by atoms with Gasteiger partial charge in [0.2, 0.25) is 0 Å². The molecule has 4 aromatic rings. The largest absolute Gasteiger partial charge is 0.292 e. The van der Waals surface area contributed by atoms with E-state index in [1.54, 1.807) is 10.7 Å². The maximum absolute atomic E-state index is 12.8. The van der Waals surface area contributed by atoms with Crippen LogP contribution < -0.4 is 5.56 Å². The molecule has 4 rings (SSSR count). The summed E-state index contributed by atoms with van der Waals surface area (Å²) < 4.78 is 2.95. The van der Waals surface area contributed by atoms with Crippen molar-refractivity contribution in [3.05, 3.63) is 88.1 Å². The molecule has 0 saturated heterocycles. The van der Waals surface area contributed by atoms with Gasteiger partial charge in [0.1, 0.15) is 11.7 Å². The van der Waals surface area contributed by atoms with Gasteiger partial charge >= 0.3 is 0 Å². The third-order valence-corrected chi connectivity index (χ3v) is 4.55. The van der Waals surface area contributed by atoms with E-state index in [4.69, 9.17) is 0 Å². The van der Waals surface area contributed by atoms with Crippen LogP contribution in [0.15, 0.2) is 65.8 Å². The SMILES string of the molecule is Cc1ccc(C(=O)Cn2cnc3c(cnn3-c3ccccc3)c2=O)c(C)c1. The number of carbonyl (C=O) groups is 1. The maximum atomic E-state index is 12.8. The second-order valence-electron chi connectivity index (χ2n) is 6.55. The first-order valence-corrected chi connectivity index (χ1v) is 8.63. The van der Waals surface area contributed by atoms with Crippen LogP contribution in [0.25, 0.3) is 16.7 Å². The second-order valence-corrected chi connectivity index (χ2v) is 6.55. The molecule has 0 fully saturated rings. The molecule has 0 N–H and O–H groups in total. The molecule has 2 aromatic heterocycles. The van der Waals surface area contributed by atoms with Crippen molar-refractivity contribution < 1.29 is 4.79 Å². The summed E-state index contributed by atoms with van der Waals surface area (Å²) in [7, 11) is 0. The van der Waals surface area contributed by atoms with E-state index in [0.29, 0.717) is 16.6 Å². The average molecular weight is 358 g/mol. The van der Waals surface area contributed by atoms with Crippen LogP contribution in [0.2, 0.25) is 0 Å². The highest BCUT2D eigenvalue weighted by Crippen LogP contribution is 2.14. The zero-order valence-electron chi connectivity index (χ0n) is 15.1. The number of nitrogens with zero attached hydrogens (tertiary/aromatic N) is 4. The lowest BCUT2D eigenvalue weighted by Gasteiger charge is -2.08. The van der Waals surface area contributed by atoms with E-state index in [0.717, 1.165) is 16.8 Å². The van der Waals surface area contributed by atoms with Gasteiger partial charge in [-0.3, -0.25) is 14.2 Å². The molecule has 27 heavy (non-hydrogen) atoms. The van der Waals surface area contributed by atoms with Gasteiger partial charge in [-0.05, 0) is 31.5 Å². The van der Waals surface area contributed by atoms with Crippen LogP contribution in [-0.4, -0.2) is 25.1 Å². The molecule has 0 aliphatic heterocycles. The lowest BCUT2D eigenvalue weighted by molar-refractivity contribution is 0.0970. The van der Waals surface area contributed by atoms with E-state index in [1.165, 1.54) is 17.1 Å². The normalized spacial score (nSPS) is 11.0. The Kier molecular flexibility index (Phi) is 4.16. The Hall–Kier alpha value is -3.54. The Bertz CT molecular complexity index is 1210. The molecule has 0 aliphatic rings. The van der Waals surface area contributed by atoms with Gasteiger partial charge in [-0.15, -0.1) is 0 Å². The van der Waals surface area contributed by atoms with Crippen molar-refractivity contribution in [2.75, 3.05) is 0 Å². The second kappa shape index (κ2) is 6.64. The molecule has 0 saturated carbocycles. The number of Topliss-reactive ketones (excluding diaryl/α,β-unsaturated/α-hetero) is 1. The summed E-state index contributed by atoms with van der Waals surface area (Å²) in [6.45, 7) is 3.82. The number of benzene rings is 2. The highest BCUT2D eigenvalue weighted by Gasteiger charge is 2.15. The molecular formula is C21H18N4O2. The number of hydrogen-bond acceptors (Lipinski definition) is 4. The van der Waals surface area contributed by atoms with Crippen molar-refractivity contribution in [3.8, 4) is 5.69 Å². The topological polar surface area (TPSA) is 69.8 Å². The molecule has 0 spiro atoms. The zero-order valence-corrected chi connectivity index (χ0v) is 15.1. The summed E-state index contributed by atoms with van der Waals surface area (Å²) in [6.07, 6.45) is 2.91. The van der Waals surface area contributed by atoms with Gasteiger partial charge in [-0.2, -0.15) is 5.10 Å². The number of ketones is 1. The van der Waals surface area contributed by atoms with Crippen LogP contribution in [0, 0.1) is 13.8 Å². The van der Waals surface area contributed by atoms with Gasteiger partial charge in [-0.25, -0.2) is 9.67 Å². The predicted octanol–water partition coefficient (Wildman–Crippen LogP) is 3.08. The van der Waals surface area contributed by atoms with Crippen LogP contribution >= 0.6 is 0 Å². The molecule has 0 amide bonds. The van der Waals surface area contributed by atoms with E-state index >= 15 is 0 Å². The summed E-state index contributed by atoms with van der Waals surface area (Å²) in [4.78, 5) is 29.8. The Labute approximate surface area is 155 Å². The summed E-state index contributed by atoms with van der Waals surface area (Å²) >= 11 is 0. The Balaban J connectivity index is 1.71.